The van der Waals surface area contributed by atoms with Crippen LogP contribution in [0.25, 0.3) is 0 Å². The van der Waals surface area contributed by atoms with E-state index in [0.717, 1.165) is 24.0 Å². The fraction of sp³-hybridized carbons (Fsp3) is 0.316. The minimum atomic E-state index is -0.550. The minimum Gasteiger partial charge on any atom is -0.366 e. The normalized spacial score (nSPS) is 13.6. The Morgan fingerprint density at radius 2 is 2.00 bits per heavy atom. The number of carbonyl (C=O) groups excluding carboxylic acids is 2. The van der Waals surface area contributed by atoms with Gasteiger partial charge in [0.15, 0.2) is 0 Å². The van der Waals surface area contributed by atoms with Crippen LogP contribution in [0.2, 0.25) is 0 Å². The maximum atomic E-state index is 12.6. The van der Waals surface area contributed by atoms with E-state index < -0.39 is 5.91 Å². The Labute approximate surface area is 141 Å². The number of aryl methyl sites for hydroxylation is 1. The molecule has 124 valence electrons. The van der Waals surface area contributed by atoms with E-state index in [1.54, 1.807) is 18.0 Å². The number of nitrogens with zero attached hydrogens (tertiary/aromatic N) is 2. The molecule has 5 nitrogen and oxygen atoms in total. The molecule has 3 rings (SSSR count). The third-order valence-electron chi connectivity index (χ3n) is 4.26. The third kappa shape index (κ3) is 3.62. The first-order chi connectivity index (χ1) is 11.4. The van der Waals surface area contributed by atoms with Crippen molar-refractivity contribution in [1.29, 1.82) is 0 Å². The van der Waals surface area contributed by atoms with Gasteiger partial charge < -0.3 is 10.6 Å². The monoisotopic (exact) mass is 323 g/mol. The molecule has 1 aromatic heterocycles. The quantitative estimate of drug-likeness (QED) is 0.917. The summed E-state index contributed by atoms with van der Waals surface area (Å²) in [6.07, 6.45) is 2.60. The molecule has 2 amide bonds. The van der Waals surface area contributed by atoms with Gasteiger partial charge in [0.1, 0.15) is 5.69 Å². The lowest BCUT2D eigenvalue weighted by Crippen LogP contribution is -2.30. The van der Waals surface area contributed by atoms with Gasteiger partial charge in [-0.2, -0.15) is 0 Å². The largest absolute Gasteiger partial charge is 0.366 e. The molecule has 0 bridgehead atoms. The highest BCUT2D eigenvalue weighted by Crippen LogP contribution is 2.26. The maximum Gasteiger partial charge on any atom is 0.272 e. The van der Waals surface area contributed by atoms with E-state index in [9.17, 15) is 9.59 Å². The summed E-state index contributed by atoms with van der Waals surface area (Å²) in [4.78, 5) is 30.4. The van der Waals surface area contributed by atoms with Crippen molar-refractivity contribution in [2.45, 2.75) is 32.2 Å². The molecule has 1 saturated carbocycles. The zero-order chi connectivity index (χ0) is 17.3. The maximum absolute atomic E-state index is 12.6. The molecular weight excluding hydrogens is 302 g/mol. The molecule has 0 aliphatic heterocycles. The topological polar surface area (TPSA) is 76.3 Å². The zero-order valence-electron chi connectivity index (χ0n) is 14.0. The first-order valence-electron chi connectivity index (χ1n) is 8.07. The summed E-state index contributed by atoms with van der Waals surface area (Å²) in [5, 5.41) is 0. The summed E-state index contributed by atoms with van der Waals surface area (Å²) < 4.78 is 0. The van der Waals surface area contributed by atoms with Gasteiger partial charge in [-0.15, -0.1) is 0 Å². The van der Waals surface area contributed by atoms with Crippen molar-refractivity contribution in [2.75, 3.05) is 7.05 Å². The summed E-state index contributed by atoms with van der Waals surface area (Å²) in [6, 6.07) is 11.5. The van der Waals surface area contributed by atoms with Gasteiger partial charge in [0.05, 0.1) is 0 Å². The predicted octanol–water partition coefficient (Wildman–Crippen LogP) is 2.31. The van der Waals surface area contributed by atoms with E-state index >= 15 is 0 Å². The third-order valence-corrected chi connectivity index (χ3v) is 4.26. The molecule has 0 unspecified atom stereocenters. The Kier molecular flexibility index (Phi) is 4.34. The average molecular weight is 323 g/mol. The van der Waals surface area contributed by atoms with E-state index in [-0.39, 0.29) is 17.6 Å². The fourth-order valence-electron chi connectivity index (χ4n) is 2.77. The van der Waals surface area contributed by atoms with E-state index in [4.69, 9.17) is 5.73 Å². The van der Waals surface area contributed by atoms with Crippen LogP contribution in [0.15, 0.2) is 36.4 Å². The summed E-state index contributed by atoms with van der Waals surface area (Å²) in [5.41, 5.74) is 8.93. The van der Waals surface area contributed by atoms with Crippen molar-refractivity contribution in [2.24, 2.45) is 5.73 Å². The Balaban J connectivity index is 1.93. The van der Waals surface area contributed by atoms with Crippen molar-refractivity contribution in [3.63, 3.8) is 0 Å². The molecule has 0 spiro atoms. The van der Waals surface area contributed by atoms with Gasteiger partial charge in [-0.3, -0.25) is 9.59 Å². The van der Waals surface area contributed by atoms with Crippen LogP contribution in [0.5, 0.6) is 0 Å². The second-order valence-corrected chi connectivity index (χ2v) is 6.41. The van der Waals surface area contributed by atoms with Gasteiger partial charge in [-0.05, 0) is 37.5 Å². The molecule has 0 saturated heterocycles. The van der Waals surface area contributed by atoms with Crippen LogP contribution in [0, 0.1) is 6.92 Å². The van der Waals surface area contributed by atoms with Gasteiger partial charge in [0.25, 0.3) is 5.91 Å². The van der Waals surface area contributed by atoms with Gasteiger partial charge >= 0.3 is 0 Å². The molecule has 1 fully saturated rings. The van der Waals surface area contributed by atoms with E-state index in [1.165, 1.54) is 6.07 Å². The molecule has 1 aromatic carbocycles. The SMILES string of the molecule is Cc1cccc(Cc2cc(C(N)=O)cc(C(=O)N(C)C3CC3)n2)c1. The highest BCUT2D eigenvalue weighted by Gasteiger charge is 2.31. The first-order valence-corrected chi connectivity index (χ1v) is 8.07. The number of rotatable bonds is 5. The zero-order valence-corrected chi connectivity index (χ0v) is 14.0. The van der Waals surface area contributed by atoms with Gasteiger partial charge in [0, 0.05) is 30.8 Å². The fourth-order valence-corrected chi connectivity index (χ4v) is 2.77. The number of aromatic nitrogens is 1. The lowest BCUT2D eigenvalue weighted by molar-refractivity contribution is 0.0779. The molecule has 1 heterocycles. The minimum absolute atomic E-state index is 0.161. The lowest BCUT2D eigenvalue weighted by Gasteiger charge is -2.16. The van der Waals surface area contributed by atoms with Crippen LogP contribution in [0.4, 0.5) is 0 Å². The summed E-state index contributed by atoms with van der Waals surface area (Å²) >= 11 is 0. The van der Waals surface area contributed by atoms with Crippen molar-refractivity contribution in [3.8, 4) is 0 Å². The van der Waals surface area contributed by atoms with Gasteiger partial charge in [-0.1, -0.05) is 29.8 Å². The van der Waals surface area contributed by atoms with Crippen molar-refractivity contribution < 1.29 is 9.59 Å². The number of amides is 2. The van der Waals surface area contributed by atoms with Gasteiger partial charge in [0.2, 0.25) is 5.91 Å². The Hall–Kier alpha value is -2.69. The van der Waals surface area contributed by atoms with Crippen LogP contribution in [0.3, 0.4) is 0 Å². The van der Waals surface area contributed by atoms with E-state index in [1.807, 2.05) is 25.1 Å². The first kappa shape index (κ1) is 16.2. The highest BCUT2D eigenvalue weighted by molar-refractivity contribution is 5.98. The number of carbonyl (C=O) groups is 2. The van der Waals surface area contributed by atoms with Crippen LogP contribution >= 0.6 is 0 Å². The standard InChI is InChI=1S/C19H21N3O2/c1-12-4-3-5-13(8-12)9-15-10-14(18(20)23)11-17(21-15)19(24)22(2)16-6-7-16/h3-5,8,10-11,16H,6-7,9H2,1-2H3,(H2,20,23). The number of nitrogens with two attached hydrogens (primary N) is 1. The number of primary amides is 1. The van der Waals surface area contributed by atoms with Crippen LogP contribution in [-0.2, 0) is 6.42 Å². The summed E-state index contributed by atoms with van der Waals surface area (Å²) in [7, 11) is 1.78. The molecule has 24 heavy (non-hydrogen) atoms. The highest BCUT2D eigenvalue weighted by atomic mass is 16.2. The van der Waals surface area contributed by atoms with Crippen molar-refractivity contribution >= 4 is 11.8 Å². The van der Waals surface area contributed by atoms with Crippen LogP contribution < -0.4 is 5.73 Å². The molecule has 2 N–H and O–H groups in total. The summed E-state index contributed by atoms with van der Waals surface area (Å²) in [5.74, 6) is -0.711. The van der Waals surface area contributed by atoms with Crippen LogP contribution in [-0.4, -0.2) is 34.8 Å². The molecular formula is C19H21N3O2. The predicted molar refractivity (Wildman–Crippen MR) is 91.9 cm³/mol. The molecule has 5 heteroatoms. The summed E-state index contributed by atoms with van der Waals surface area (Å²) in [6.45, 7) is 2.02. The Morgan fingerprint density at radius 1 is 1.25 bits per heavy atom. The van der Waals surface area contributed by atoms with E-state index in [2.05, 4.69) is 11.1 Å². The van der Waals surface area contributed by atoms with Crippen molar-refractivity contribution in [3.05, 3.63) is 64.5 Å². The van der Waals surface area contributed by atoms with E-state index in [0.29, 0.717) is 17.7 Å². The Bertz CT molecular complexity index is 797. The lowest BCUT2D eigenvalue weighted by atomic mass is 10.0. The number of benzene rings is 1. The van der Waals surface area contributed by atoms with Crippen molar-refractivity contribution in [1.82, 2.24) is 9.88 Å². The second kappa shape index (κ2) is 6.43. The van der Waals surface area contributed by atoms with Crippen LogP contribution in [0.1, 0.15) is 50.5 Å². The second-order valence-electron chi connectivity index (χ2n) is 6.41. The molecule has 2 aromatic rings. The molecule has 0 radical (unpaired) electrons. The average Bonchev–Trinajstić information content (AvgIpc) is 3.38. The molecule has 0 atom stereocenters. The molecule has 1 aliphatic rings. The molecule has 1 aliphatic carbocycles. The number of hydrogen-bond acceptors (Lipinski definition) is 3. The van der Waals surface area contributed by atoms with Gasteiger partial charge in [-0.25, -0.2) is 4.98 Å². The Morgan fingerprint density at radius 3 is 2.62 bits per heavy atom. The smallest absolute Gasteiger partial charge is 0.272 e. The number of pyridine rings is 1. The number of hydrogen-bond donors (Lipinski definition) is 1.